The summed E-state index contributed by atoms with van der Waals surface area (Å²) in [5, 5.41) is 0. The van der Waals surface area contributed by atoms with Gasteiger partial charge in [0, 0.05) is 11.6 Å². The summed E-state index contributed by atoms with van der Waals surface area (Å²) >= 11 is 0. The maximum absolute atomic E-state index is 12.8. The molecule has 0 atom stereocenters. The summed E-state index contributed by atoms with van der Waals surface area (Å²) in [6.07, 6.45) is 3.46. The standard InChI is InChI=1S/C26H22O5/c1-4-17-5-7-18(8-6-17)16-30-21-9-11-22-24(15-21)31-25(26(22)27)14-19-13-20(28-2)10-12-23(19)29-3/h4-15H,1,16H2,2-3H3/b25-14+. The van der Waals surface area contributed by atoms with Gasteiger partial charge < -0.3 is 18.9 Å². The van der Waals surface area contributed by atoms with Crippen molar-refractivity contribution in [3.05, 3.63) is 95.3 Å². The summed E-state index contributed by atoms with van der Waals surface area (Å²) in [6.45, 7) is 4.16. The molecule has 156 valence electrons. The van der Waals surface area contributed by atoms with Gasteiger partial charge in [-0.1, -0.05) is 36.9 Å². The molecule has 0 unspecified atom stereocenters. The maximum Gasteiger partial charge on any atom is 0.231 e. The van der Waals surface area contributed by atoms with Crippen LogP contribution in [0.25, 0.3) is 12.2 Å². The Bertz CT molecular complexity index is 1160. The highest BCUT2D eigenvalue weighted by Gasteiger charge is 2.28. The minimum atomic E-state index is -0.188. The first kappa shape index (κ1) is 20.3. The maximum atomic E-state index is 12.8. The fourth-order valence-electron chi connectivity index (χ4n) is 3.27. The fraction of sp³-hybridized carbons (Fsp3) is 0.115. The molecule has 0 spiro atoms. The summed E-state index contributed by atoms with van der Waals surface area (Å²) < 4.78 is 22.4. The van der Waals surface area contributed by atoms with E-state index in [-0.39, 0.29) is 11.5 Å². The normalized spacial score (nSPS) is 13.5. The van der Waals surface area contributed by atoms with E-state index < -0.39 is 0 Å². The van der Waals surface area contributed by atoms with Crippen LogP contribution in [0, 0.1) is 0 Å². The van der Waals surface area contributed by atoms with Crippen molar-refractivity contribution < 1.29 is 23.7 Å². The van der Waals surface area contributed by atoms with Gasteiger partial charge in [0.25, 0.3) is 0 Å². The predicted octanol–water partition coefficient (Wildman–Crippen LogP) is 5.54. The van der Waals surface area contributed by atoms with Crippen molar-refractivity contribution >= 4 is 17.9 Å². The van der Waals surface area contributed by atoms with Crippen LogP contribution in [-0.4, -0.2) is 20.0 Å². The lowest BCUT2D eigenvalue weighted by atomic mass is 10.1. The SMILES string of the molecule is C=Cc1ccc(COc2ccc3c(c2)O/C(=C/c2cc(OC)ccc2OC)C3=O)cc1. The van der Waals surface area contributed by atoms with E-state index in [2.05, 4.69) is 6.58 Å². The molecule has 31 heavy (non-hydrogen) atoms. The second kappa shape index (κ2) is 8.79. The highest BCUT2D eigenvalue weighted by molar-refractivity contribution is 6.14. The van der Waals surface area contributed by atoms with E-state index in [1.807, 2.05) is 24.3 Å². The molecule has 0 bridgehead atoms. The molecular formula is C26H22O5. The van der Waals surface area contributed by atoms with Gasteiger partial charge in [-0.15, -0.1) is 0 Å². The number of carbonyl (C=O) groups excluding carboxylic acids is 1. The number of Topliss-reactive ketones (excluding diaryl/α,β-unsaturated/α-hetero) is 1. The zero-order chi connectivity index (χ0) is 21.8. The van der Waals surface area contributed by atoms with Crippen LogP contribution in [0.15, 0.2) is 73.0 Å². The number of ketones is 1. The van der Waals surface area contributed by atoms with Gasteiger partial charge in [-0.05, 0) is 47.5 Å². The summed E-state index contributed by atoms with van der Waals surface area (Å²) in [5.74, 6) is 2.40. The molecule has 4 rings (SSSR count). The zero-order valence-electron chi connectivity index (χ0n) is 17.4. The fourth-order valence-corrected chi connectivity index (χ4v) is 3.27. The third kappa shape index (κ3) is 4.31. The van der Waals surface area contributed by atoms with Gasteiger partial charge >= 0.3 is 0 Å². The lowest BCUT2D eigenvalue weighted by Gasteiger charge is -2.08. The highest BCUT2D eigenvalue weighted by Crippen LogP contribution is 2.36. The molecule has 1 heterocycles. The summed E-state index contributed by atoms with van der Waals surface area (Å²) in [5.41, 5.74) is 3.28. The second-order valence-electron chi connectivity index (χ2n) is 6.94. The van der Waals surface area contributed by atoms with Crippen molar-refractivity contribution in [3.63, 3.8) is 0 Å². The first-order chi connectivity index (χ1) is 15.1. The number of benzene rings is 3. The van der Waals surface area contributed by atoms with E-state index in [4.69, 9.17) is 18.9 Å². The second-order valence-corrected chi connectivity index (χ2v) is 6.94. The van der Waals surface area contributed by atoms with Crippen molar-refractivity contribution in [1.29, 1.82) is 0 Å². The Balaban J connectivity index is 1.52. The van der Waals surface area contributed by atoms with Crippen LogP contribution in [0.2, 0.25) is 0 Å². The molecule has 0 fully saturated rings. The number of allylic oxidation sites excluding steroid dienone is 1. The zero-order valence-corrected chi connectivity index (χ0v) is 17.4. The molecular weight excluding hydrogens is 392 g/mol. The van der Waals surface area contributed by atoms with Gasteiger partial charge in [0.05, 0.1) is 19.8 Å². The van der Waals surface area contributed by atoms with Gasteiger partial charge in [-0.3, -0.25) is 4.79 Å². The van der Waals surface area contributed by atoms with Gasteiger partial charge in [0.2, 0.25) is 5.78 Å². The smallest absolute Gasteiger partial charge is 0.231 e. The molecule has 0 aliphatic carbocycles. The molecule has 5 nitrogen and oxygen atoms in total. The van der Waals surface area contributed by atoms with Crippen molar-refractivity contribution in [2.75, 3.05) is 14.2 Å². The Labute approximate surface area is 181 Å². The largest absolute Gasteiger partial charge is 0.497 e. The number of ether oxygens (including phenoxy) is 4. The topological polar surface area (TPSA) is 54.0 Å². The number of fused-ring (bicyclic) bond motifs is 1. The van der Waals surface area contributed by atoms with E-state index in [1.54, 1.807) is 62.8 Å². The van der Waals surface area contributed by atoms with Gasteiger partial charge in [-0.25, -0.2) is 0 Å². The van der Waals surface area contributed by atoms with E-state index >= 15 is 0 Å². The molecule has 1 aliphatic heterocycles. The lowest BCUT2D eigenvalue weighted by Crippen LogP contribution is -1.99. The molecule has 5 heteroatoms. The molecule has 0 N–H and O–H groups in total. The first-order valence-electron chi connectivity index (χ1n) is 9.76. The number of hydrogen-bond acceptors (Lipinski definition) is 5. The quantitative estimate of drug-likeness (QED) is 0.475. The highest BCUT2D eigenvalue weighted by atomic mass is 16.5. The Morgan fingerprint density at radius 3 is 2.42 bits per heavy atom. The van der Waals surface area contributed by atoms with Crippen molar-refractivity contribution in [2.24, 2.45) is 0 Å². The molecule has 3 aromatic carbocycles. The monoisotopic (exact) mass is 414 g/mol. The van der Waals surface area contributed by atoms with E-state index in [0.29, 0.717) is 40.7 Å². The van der Waals surface area contributed by atoms with Gasteiger partial charge in [-0.2, -0.15) is 0 Å². The van der Waals surface area contributed by atoms with E-state index in [9.17, 15) is 4.79 Å². The average molecular weight is 414 g/mol. The van der Waals surface area contributed by atoms with Crippen molar-refractivity contribution in [2.45, 2.75) is 6.61 Å². The van der Waals surface area contributed by atoms with Crippen LogP contribution in [0.3, 0.4) is 0 Å². The summed E-state index contributed by atoms with van der Waals surface area (Å²) in [6, 6.07) is 18.5. The third-order valence-corrected chi connectivity index (χ3v) is 4.99. The molecule has 0 radical (unpaired) electrons. The summed E-state index contributed by atoms with van der Waals surface area (Å²) in [4.78, 5) is 12.8. The van der Waals surface area contributed by atoms with Crippen LogP contribution in [0.5, 0.6) is 23.0 Å². The number of rotatable bonds is 7. The number of methoxy groups -OCH3 is 2. The minimum Gasteiger partial charge on any atom is -0.497 e. The van der Waals surface area contributed by atoms with Crippen LogP contribution in [-0.2, 0) is 6.61 Å². The van der Waals surface area contributed by atoms with Crippen LogP contribution >= 0.6 is 0 Å². The Morgan fingerprint density at radius 2 is 1.71 bits per heavy atom. The van der Waals surface area contributed by atoms with E-state index in [0.717, 1.165) is 11.1 Å². The first-order valence-corrected chi connectivity index (χ1v) is 9.76. The molecule has 0 amide bonds. The molecule has 1 aliphatic rings. The Kier molecular flexibility index (Phi) is 5.76. The molecule has 0 saturated heterocycles. The number of hydrogen-bond donors (Lipinski definition) is 0. The minimum absolute atomic E-state index is 0.188. The Hall–Kier alpha value is -3.99. The van der Waals surface area contributed by atoms with Gasteiger partial charge in [0.15, 0.2) is 5.76 Å². The van der Waals surface area contributed by atoms with Crippen LogP contribution < -0.4 is 18.9 Å². The van der Waals surface area contributed by atoms with Crippen molar-refractivity contribution in [3.8, 4) is 23.0 Å². The van der Waals surface area contributed by atoms with Crippen LogP contribution in [0.1, 0.15) is 27.0 Å². The lowest BCUT2D eigenvalue weighted by molar-refractivity contribution is 0.101. The van der Waals surface area contributed by atoms with E-state index in [1.165, 1.54) is 0 Å². The molecule has 3 aromatic rings. The number of carbonyl (C=O) groups is 1. The molecule has 0 aromatic heterocycles. The molecule has 0 saturated carbocycles. The Morgan fingerprint density at radius 1 is 0.935 bits per heavy atom. The predicted molar refractivity (Wildman–Crippen MR) is 120 cm³/mol. The third-order valence-electron chi connectivity index (χ3n) is 4.99. The van der Waals surface area contributed by atoms with Crippen molar-refractivity contribution in [1.82, 2.24) is 0 Å². The van der Waals surface area contributed by atoms with Gasteiger partial charge in [0.1, 0.15) is 29.6 Å². The summed E-state index contributed by atoms with van der Waals surface area (Å²) in [7, 11) is 3.16. The average Bonchev–Trinajstić information content (AvgIpc) is 3.12. The van der Waals surface area contributed by atoms with Crippen LogP contribution in [0.4, 0.5) is 0 Å².